The minimum Gasteiger partial charge on any atom is -0.497 e. The SMILES string of the molecule is COc1ccc(CN(C(=O)CSCc2cccc(Cl)c2)C(C)C(=O)NC2CCCCC2)cc1. The van der Waals surface area contributed by atoms with Crippen LogP contribution in [0.5, 0.6) is 5.75 Å². The number of thioether (sulfide) groups is 1. The summed E-state index contributed by atoms with van der Waals surface area (Å²) in [4.78, 5) is 28.0. The molecule has 0 saturated heterocycles. The highest BCUT2D eigenvalue weighted by Gasteiger charge is 2.28. The van der Waals surface area contributed by atoms with Gasteiger partial charge in [0.2, 0.25) is 11.8 Å². The molecule has 1 saturated carbocycles. The fourth-order valence-corrected chi connectivity index (χ4v) is 5.12. The predicted molar refractivity (Wildman–Crippen MR) is 136 cm³/mol. The fourth-order valence-electron chi connectivity index (χ4n) is 4.04. The highest BCUT2D eigenvalue weighted by Crippen LogP contribution is 2.21. The van der Waals surface area contributed by atoms with Gasteiger partial charge in [-0.15, -0.1) is 11.8 Å². The van der Waals surface area contributed by atoms with Crippen LogP contribution in [-0.2, 0) is 21.9 Å². The molecule has 178 valence electrons. The summed E-state index contributed by atoms with van der Waals surface area (Å²) in [7, 11) is 1.62. The molecule has 0 radical (unpaired) electrons. The van der Waals surface area contributed by atoms with E-state index in [0.29, 0.717) is 23.1 Å². The Balaban J connectivity index is 1.65. The zero-order valence-electron chi connectivity index (χ0n) is 19.4. The maximum absolute atomic E-state index is 13.2. The summed E-state index contributed by atoms with van der Waals surface area (Å²) in [6.07, 6.45) is 5.55. The van der Waals surface area contributed by atoms with Gasteiger partial charge in [0.1, 0.15) is 11.8 Å². The predicted octanol–water partition coefficient (Wildman–Crippen LogP) is 5.45. The van der Waals surface area contributed by atoms with Crippen molar-refractivity contribution in [2.24, 2.45) is 0 Å². The van der Waals surface area contributed by atoms with Crippen molar-refractivity contribution in [1.29, 1.82) is 0 Å². The molecule has 0 heterocycles. The Kier molecular flexibility index (Phi) is 9.95. The molecule has 0 aromatic heterocycles. The van der Waals surface area contributed by atoms with Crippen LogP contribution in [0.15, 0.2) is 48.5 Å². The number of methoxy groups -OCH3 is 1. The molecule has 1 aliphatic rings. The second-order valence-corrected chi connectivity index (χ2v) is 9.93. The normalized spacial score (nSPS) is 15.0. The Labute approximate surface area is 206 Å². The van der Waals surface area contributed by atoms with E-state index in [1.54, 1.807) is 12.0 Å². The topological polar surface area (TPSA) is 58.6 Å². The summed E-state index contributed by atoms with van der Waals surface area (Å²) in [5.41, 5.74) is 2.03. The van der Waals surface area contributed by atoms with Gasteiger partial charge in [0, 0.05) is 23.4 Å². The minimum atomic E-state index is -0.548. The van der Waals surface area contributed by atoms with Crippen LogP contribution in [0.25, 0.3) is 0 Å². The Morgan fingerprint density at radius 3 is 2.52 bits per heavy atom. The van der Waals surface area contributed by atoms with Crippen LogP contribution >= 0.6 is 23.4 Å². The van der Waals surface area contributed by atoms with Gasteiger partial charge in [-0.3, -0.25) is 9.59 Å². The number of halogens is 1. The average Bonchev–Trinajstić information content (AvgIpc) is 2.83. The molecule has 3 rings (SSSR count). The fraction of sp³-hybridized carbons (Fsp3) is 0.462. The molecule has 2 aromatic rings. The van der Waals surface area contributed by atoms with E-state index >= 15 is 0 Å². The van der Waals surface area contributed by atoms with Crippen molar-refractivity contribution in [2.75, 3.05) is 12.9 Å². The molecule has 2 aromatic carbocycles. The van der Waals surface area contributed by atoms with E-state index < -0.39 is 6.04 Å². The number of carbonyl (C=O) groups excluding carboxylic acids is 2. The Bertz CT molecular complexity index is 916. The second kappa shape index (κ2) is 12.9. The number of hydrogen-bond donors (Lipinski definition) is 1. The molecule has 2 amide bonds. The van der Waals surface area contributed by atoms with E-state index in [1.165, 1.54) is 18.2 Å². The van der Waals surface area contributed by atoms with Crippen molar-refractivity contribution in [3.05, 3.63) is 64.7 Å². The van der Waals surface area contributed by atoms with E-state index in [-0.39, 0.29) is 17.9 Å². The third kappa shape index (κ3) is 7.97. The van der Waals surface area contributed by atoms with Crippen LogP contribution in [0.4, 0.5) is 0 Å². The Morgan fingerprint density at radius 1 is 1.12 bits per heavy atom. The maximum Gasteiger partial charge on any atom is 0.242 e. The molecule has 7 heteroatoms. The lowest BCUT2D eigenvalue weighted by Gasteiger charge is -2.31. The first-order chi connectivity index (χ1) is 16.0. The summed E-state index contributed by atoms with van der Waals surface area (Å²) in [6.45, 7) is 2.20. The third-order valence-corrected chi connectivity index (χ3v) is 7.24. The van der Waals surface area contributed by atoms with Crippen LogP contribution in [0, 0.1) is 0 Å². The van der Waals surface area contributed by atoms with Crippen molar-refractivity contribution < 1.29 is 14.3 Å². The summed E-state index contributed by atoms with van der Waals surface area (Å²) < 4.78 is 5.24. The Morgan fingerprint density at radius 2 is 1.85 bits per heavy atom. The quantitative estimate of drug-likeness (QED) is 0.483. The van der Waals surface area contributed by atoms with E-state index in [4.69, 9.17) is 16.3 Å². The van der Waals surface area contributed by atoms with Crippen molar-refractivity contribution in [1.82, 2.24) is 10.2 Å². The summed E-state index contributed by atoms with van der Waals surface area (Å²) in [5.74, 6) is 1.61. The Hall–Kier alpha value is -2.18. The number of benzene rings is 2. The van der Waals surface area contributed by atoms with Crippen LogP contribution in [0.1, 0.15) is 50.2 Å². The van der Waals surface area contributed by atoms with Gasteiger partial charge in [-0.2, -0.15) is 0 Å². The first-order valence-corrected chi connectivity index (χ1v) is 13.0. The van der Waals surface area contributed by atoms with Crippen molar-refractivity contribution >= 4 is 35.2 Å². The van der Waals surface area contributed by atoms with Crippen LogP contribution in [0.2, 0.25) is 5.02 Å². The van der Waals surface area contributed by atoms with E-state index in [0.717, 1.165) is 42.6 Å². The lowest BCUT2D eigenvalue weighted by molar-refractivity contribution is -0.139. The highest BCUT2D eigenvalue weighted by atomic mass is 35.5. The maximum atomic E-state index is 13.2. The second-order valence-electron chi connectivity index (χ2n) is 8.51. The van der Waals surface area contributed by atoms with Crippen molar-refractivity contribution in [2.45, 2.75) is 63.4 Å². The molecule has 0 aliphatic heterocycles. The molecular formula is C26H33ClN2O3S. The molecule has 1 atom stereocenters. The largest absolute Gasteiger partial charge is 0.497 e. The number of rotatable bonds is 10. The van der Waals surface area contributed by atoms with Gasteiger partial charge < -0.3 is 15.0 Å². The zero-order valence-corrected chi connectivity index (χ0v) is 21.0. The van der Waals surface area contributed by atoms with E-state index in [1.807, 2.05) is 55.5 Å². The first kappa shape index (κ1) is 25.4. The summed E-state index contributed by atoms with van der Waals surface area (Å²) in [5, 5.41) is 3.86. The zero-order chi connectivity index (χ0) is 23.6. The molecule has 33 heavy (non-hydrogen) atoms. The van der Waals surface area contributed by atoms with E-state index in [9.17, 15) is 9.59 Å². The lowest BCUT2D eigenvalue weighted by atomic mass is 9.95. The third-order valence-electron chi connectivity index (χ3n) is 6.01. The van der Waals surface area contributed by atoms with E-state index in [2.05, 4.69) is 5.32 Å². The average molecular weight is 489 g/mol. The lowest BCUT2D eigenvalue weighted by Crippen LogP contribution is -2.50. The monoisotopic (exact) mass is 488 g/mol. The summed E-state index contributed by atoms with van der Waals surface area (Å²) in [6, 6.07) is 14.9. The van der Waals surface area contributed by atoms with Gasteiger partial charge in [-0.25, -0.2) is 0 Å². The smallest absolute Gasteiger partial charge is 0.242 e. The van der Waals surface area contributed by atoms with Gasteiger partial charge in [0.15, 0.2) is 0 Å². The molecule has 1 N–H and O–H groups in total. The summed E-state index contributed by atoms with van der Waals surface area (Å²) >= 11 is 7.60. The van der Waals surface area contributed by atoms with Crippen molar-refractivity contribution in [3.63, 3.8) is 0 Å². The number of nitrogens with one attached hydrogen (secondary N) is 1. The van der Waals surface area contributed by atoms with Crippen LogP contribution in [-0.4, -0.2) is 41.7 Å². The molecule has 1 unspecified atom stereocenters. The van der Waals surface area contributed by atoms with Gasteiger partial charge in [-0.05, 0) is 55.2 Å². The van der Waals surface area contributed by atoms with Gasteiger partial charge in [0.05, 0.1) is 12.9 Å². The molecule has 0 bridgehead atoms. The minimum absolute atomic E-state index is 0.0517. The van der Waals surface area contributed by atoms with Crippen LogP contribution in [0.3, 0.4) is 0 Å². The standard InChI is InChI=1S/C26H33ClN2O3S/c1-19(26(31)28-23-9-4-3-5-10-23)29(16-20-11-13-24(32-2)14-12-20)25(30)18-33-17-21-7-6-8-22(27)15-21/h6-8,11-15,19,23H,3-5,9-10,16-18H2,1-2H3,(H,28,31). The number of ether oxygens (including phenoxy) is 1. The number of hydrogen-bond acceptors (Lipinski definition) is 4. The number of amides is 2. The molecule has 1 aliphatic carbocycles. The molecule has 1 fully saturated rings. The van der Waals surface area contributed by atoms with Gasteiger partial charge in [0.25, 0.3) is 0 Å². The molecule has 0 spiro atoms. The van der Waals surface area contributed by atoms with Gasteiger partial charge in [-0.1, -0.05) is 55.1 Å². The van der Waals surface area contributed by atoms with Gasteiger partial charge >= 0.3 is 0 Å². The number of carbonyl (C=O) groups is 2. The highest BCUT2D eigenvalue weighted by molar-refractivity contribution is 7.99. The molecule has 5 nitrogen and oxygen atoms in total. The first-order valence-electron chi connectivity index (χ1n) is 11.5. The van der Waals surface area contributed by atoms with Crippen molar-refractivity contribution in [3.8, 4) is 5.75 Å². The number of nitrogens with zero attached hydrogens (tertiary/aromatic N) is 1. The van der Waals surface area contributed by atoms with Crippen LogP contribution < -0.4 is 10.1 Å². The molecular weight excluding hydrogens is 456 g/mol.